The van der Waals surface area contributed by atoms with E-state index in [4.69, 9.17) is 36.1 Å². The van der Waals surface area contributed by atoms with Crippen molar-refractivity contribution in [2.45, 2.75) is 39.2 Å². The molecule has 0 aromatic heterocycles. The fraction of sp³-hybridized carbons (Fsp3) is 0.421. The van der Waals surface area contributed by atoms with E-state index >= 15 is 0 Å². The van der Waals surface area contributed by atoms with Crippen LogP contribution in [0.2, 0.25) is 0 Å². The Bertz CT molecular complexity index is 885. The first-order chi connectivity index (χ1) is 12.9. The summed E-state index contributed by atoms with van der Waals surface area (Å²) in [5.41, 5.74) is -0.0819. The molecule has 1 amide bonds. The molecule has 0 unspecified atom stereocenters. The first kappa shape index (κ1) is 20.6. The molecule has 8 radical (unpaired) electrons. The SMILES string of the molecule is [B]c1c([B])c([B])c2c(c1[B])C(=O)C1=C(CCN(C(=O)OC(C)(C)C)CC1)C2=O. The van der Waals surface area contributed by atoms with Crippen LogP contribution in [0.4, 0.5) is 4.79 Å². The van der Waals surface area contributed by atoms with E-state index in [1.54, 1.807) is 20.8 Å². The summed E-state index contributed by atoms with van der Waals surface area (Å²) in [4.78, 5) is 40.1. The van der Waals surface area contributed by atoms with Crippen LogP contribution in [0.5, 0.6) is 0 Å². The van der Waals surface area contributed by atoms with Crippen molar-refractivity contribution in [3.8, 4) is 0 Å². The molecule has 0 N–H and O–H groups in total. The highest BCUT2D eigenvalue weighted by Gasteiger charge is 2.37. The van der Waals surface area contributed by atoms with E-state index in [1.165, 1.54) is 4.90 Å². The standard InChI is InChI=1S/C19H17B4NO4/c1-19(2,3)28-18(27)24-6-4-8-9(5-7-24)17(26)11-10(16(8)25)12(20)14(22)15(23)13(11)21/h4-7H2,1-3H3. The van der Waals surface area contributed by atoms with E-state index in [-0.39, 0.29) is 58.9 Å². The van der Waals surface area contributed by atoms with E-state index in [1.807, 2.05) is 0 Å². The molecule has 0 bridgehead atoms. The number of hydrogen-bond acceptors (Lipinski definition) is 4. The van der Waals surface area contributed by atoms with E-state index in [9.17, 15) is 14.4 Å². The number of carbonyl (C=O) groups is 3. The summed E-state index contributed by atoms with van der Waals surface area (Å²) in [6, 6.07) is 0. The lowest BCUT2D eigenvalue weighted by Crippen LogP contribution is -2.53. The minimum atomic E-state index is -0.643. The molecule has 1 aromatic carbocycles. The quantitative estimate of drug-likeness (QED) is 0.528. The number of carbonyl (C=O) groups excluding carboxylic acids is 3. The number of nitrogens with zero attached hydrogens (tertiary/aromatic N) is 1. The molecule has 1 aliphatic heterocycles. The lowest BCUT2D eigenvalue weighted by molar-refractivity contribution is 0.0257. The maximum absolute atomic E-state index is 13.1. The number of Topliss-reactive ketones (excluding diaryl/α,β-unsaturated/α-hetero) is 2. The average molecular weight is 367 g/mol. The van der Waals surface area contributed by atoms with Crippen molar-refractivity contribution in [3.63, 3.8) is 0 Å². The van der Waals surface area contributed by atoms with Crippen LogP contribution in [0.1, 0.15) is 54.3 Å². The minimum absolute atomic E-state index is 0.00123. The second kappa shape index (κ2) is 7.02. The molecule has 1 heterocycles. The zero-order chi connectivity index (χ0) is 21.0. The van der Waals surface area contributed by atoms with Crippen LogP contribution in [0.25, 0.3) is 0 Å². The molecule has 28 heavy (non-hydrogen) atoms. The van der Waals surface area contributed by atoms with Gasteiger partial charge in [0.1, 0.15) is 37.0 Å². The van der Waals surface area contributed by atoms with E-state index in [2.05, 4.69) is 0 Å². The van der Waals surface area contributed by atoms with Gasteiger partial charge in [0, 0.05) is 35.4 Å². The molecule has 5 nitrogen and oxygen atoms in total. The summed E-state index contributed by atoms with van der Waals surface area (Å²) in [6.07, 6.45) is -0.0676. The summed E-state index contributed by atoms with van der Waals surface area (Å²) in [7, 11) is 23.7. The summed E-state index contributed by atoms with van der Waals surface area (Å²) in [5, 5.41) is 0. The maximum Gasteiger partial charge on any atom is 0.410 e. The highest BCUT2D eigenvalue weighted by atomic mass is 16.6. The molecular weight excluding hydrogens is 349 g/mol. The second-order valence-electron chi connectivity index (χ2n) is 7.99. The van der Waals surface area contributed by atoms with Crippen molar-refractivity contribution >= 4 is 70.9 Å². The van der Waals surface area contributed by atoms with Crippen molar-refractivity contribution in [2.24, 2.45) is 0 Å². The Labute approximate surface area is 169 Å². The third-order valence-electron chi connectivity index (χ3n) is 4.94. The highest BCUT2D eigenvalue weighted by Crippen LogP contribution is 2.30. The normalized spacial score (nSPS) is 17.2. The highest BCUT2D eigenvalue weighted by molar-refractivity contribution is 6.65. The van der Waals surface area contributed by atoms with Gasteiger partial charge in [0.25, 0.3) is 0 Å². The lowest BCUT2D eigenvalue weighted by atomic mass is 9.60. The molecule has 3 rings (SSSR count). The van der Waals surface area contributed by atoms with Gasteiger partial charge >= 0.3 is 6.09 Å². The number of amides is 1. The van der Waals surface area contributed by atoms with Gasteiger partial charge in [-0.2, -0.15) is 0 Å². The Morgan fingerprint density at radius 1 is 0.821 bits per heavy atom. The number of fused-ring (bicyclic) bond motifs is 1. The fourth-order valence-electron chi connectivity index (χ4n) is 3.52. The van der Waals surface area contributed by atoms with E-state index < -0.39 is 23.3 Å². The Morgan fingerprint density at radius 3 is 1.57 bits per heavy atom. The van der Waals surface area contributed by atoms with Gasteiger partial charge in [-0.15, -0.1) is 10.9 Å². The van der Waals surface area contributed by atoms with Crippen LogP contribution in [-0.4, -0.2) is 72.6 Å². The van der Waals surface area contributed by atoms with Crippen LogP contribution in [0, 0.1) is 0 Å². The first-order valence-electron chi connectivity index (χ1n) is 8.99. The van der Waals surface area contributed by atoms with Gasteiger partial charge < -0.3 is 9.64 Å². The Kier molecular flexibility index (Phi) is 5.15. The molecular formula is C19H17B4NO4. The number of rotatable bonds is 0. The molecule has 134 valence electrons. The van der Waals surface area contributed by atoms with Gasteiger partial charge in [-0.05, 0) is 33.6 Å². The van der Waals surface area contributed by atoms with E-state index in [0.717, 1.165) is 0 Å². The summed E-state index contributed by atoms with van der Waals surface area (Å²) in [5.74, 6) is -0.793. The molecule has 0 saturated heterocycles. The minimum Gasteiger partial charge on any atom is -0.444 e. The van der Waals surface area contributed by atoms with E-state index in [0.29, 0.717) is 11.1 Å². The Balaban J connectivity index is 1.98. The van der Waals surface area contributed by atoms with Crippen LogP contribution in [0.3, 0.4) is 0 Å². The molecule has 0 saturated carbocycles. The molecule has 0 atom stereocenters. The predicted molar refractivity (Wildman–Crippen MR) is 111 cm³/mol. The number of ether oxygens (including phenoxy) is 1. The maximum atomic E-state index is 13.1. The molecule has 9 heteroatoms. The topological polar surface area (TPSA) is 63.7 Å². The Morgan fingerprint density at radius 2 is 1.21 bits per heavy atom. The third kappa shape index (κ3) is 3.36. The van der Waals surface area contributed by atoms with Crippen LogP contribution in [0.15, 0.2) is 11.1 Å². The van der Waals surface area contributed by atoms with Gasteiger partial charge in [0.15, 0.2) is 11.6 Å². The van der Waals surface area contributed by atoms with Gasteiger partial charge in [-0.3, -0.25) is 9.59 Å². The number of hydrogen-bond donors (Lipinski definition) is 0. The van der Waals surface area contributed by atoms with Crippen molar-refractivity contribution in [1.82, 2.24) is 4.90 Å². The zero-order valence-electron chi connectivity index (χ0n) is 16.2. The van der Waals surface area contributed by atoms with Gasteiger partial charge in [0.05, 0.1) is 0 Å². The zero-order valence-corrected chi connectivity index (χ0v) is 16.2. The van der Waals surface area contributed by atoms with Crippen LogP contribution >= 0.6 is 0 Å². The van der Waals surface area contributed by atoms with Gasteiger partial charge in [-0.1, -0.05) is 10.9 Å². The average Bonchev–Trinajstić information content (AvgIpc) is 2.83. The number of benzene rings is 1. The van der Waals surface area contributed by atoms with Gasteiger partial charge in [-0.25, -0.2) is 4.79 Å². The van der Waals surface area contributed by atoms with Crippen LogP contribution < -0.4 is 21.9 Å². The molecule has 2 aliphatic rings. The first-order valence-corrected chi connectivity index (χ1v) is 8.99. The van der Waals surface area contributed by atoms with Crippen molar-refractivity contribution in [2.75, 3.05) is 13.1 Å². The molecule has 0 spiro atoms. The third-order valence-corrected chi connectivity index (χ3v) is 4.94. The summed E-state index contributed by atoms with van der Waals surface area (Å²) in [6.45, 7) is 5.83. The Hall–Kier alpha value is -2.17. The molecule has 1 aliphatic carbocycles. The van der Waals surface area contributed by atoms with Crippen molar-refractivity contribution in [3.05, 3.63) is 22.3 Å². The second-order valence-corrected chi connectivity index (χ2v) is 7.99. The lowest BCUT2D eigenvalue weighted by Gasteiger charge is -2.26. The fourth-order valence-corrected chi connectivity index (χ4v) is 3.52. The largest absolute Gasteiger partial charge is 0.444 e. The smallest absolute Gasteiger partial charge is 0.410 e. The summed E-state index contributed by atoms with van der Waals surface area (Å²) >= 11 is 0. The van der Waals surface area contributed by atoms with Crippen molar-refractivity contribution < 1.29 is 19.1 Å². The van der Waals surface area contributed by atoms with Gasteiger partial charge in [0.2, 0.25) is 0 Å². The van der Waals surface area contributed by atoms with Crippen molar-refractivity contribution in [1.29, 1.82) is 0 Å². The molecule has 0 fully saturated rings. The number of ketones is 2. The summed E-state index contributed by atoms with van der Waals surface area (Å²) < 4.78 is 5.40. The van der Waals surface area contributed by atoms with Crippen LogP contribution in [-0.2, 0) is 4.74 Å². The monoisotopic (exact) mass is 367 g/mol. The molecule has 1 aromatic rings. The predicted octanol–water partition coefficient (Wildman–Crippen LogP) is -1.43.